The number of alkyl halides is 1. The van der Waals surface area contributed by atoms with E-state index in [4.69, 9.17) is 9.73 Å². The Balaban J connectivity index is 1.43. The molecule has 9 atom stereocenters. The van der Waals surface area contributed by atoms with Gasteiger partial charge in [-0.1, -0.05) is 59.3 Å². The van der Waals surface area contributed by atoms with Gasteiger partial charge in [0.25, 0.3) is 0 Å². The third-order valence-corrected chi connectivity index (χ3v) is 11.1. The molecule has 9 unspecified atom stereocenters. The Morgan fingerprint density at radius 2 is 1.82 bits per heavy atom. The molecule has 0 radical (unpaired) electrons. The normalized spacial score (nSPS) is 49.2. The maximum atomic E-state index is 15.2. The molecular weight excluding hydrogens is 411 g/mol. The number of aliphatic imine (C=N–C) groups is 1. The van der Waals surface area contributed by atoms with Crippen molar-refractivity contribution in [3.63, 3.8) is 0 Å². The van der Waals surface area contributed by atoms with E-state index in [0.717, 1.165) is 24.8 Å². The largest absolute Gasteiger partial charge is 0.349 e. The molecule has 0 aromatic heterocycles. The van der Waals surface area contributed by atoms with E-state index in [2.05, 4.69) is 31.9 Å². The monoisotopic (exact) mass is 458 g/mol. The van der Waals surface area contributed by atoms with Crippen LogP contribution in [0.1, 0.15) is 104 Å². The summed E-state index contributed by atoms with van der Waals surface area (Å²) in [6.45, 7) is 7.80. The molecule has 2 heterocycles. The van der Waals surface area contributed by atoms with Crippen LogP contribution in [0.4, 0.5) is 4.39 Å². The maximum absolute atomic E-state index is 15.2. The molecule has 0 N–H and O–H groups in total. The fourth-order valence-corrected chi connectivity index (χ4v) is 9.69. The zero-order chi connectivity index (χ0) is 22.8. The number of hydrogen-bond acceptors (Lipinski definition) is 3. The Kier molecular flexibility index (Phi) is 5.96. The zero-order valence-corrected chi connectivity index (χ0v) is 21.4. The summed E-state index contributed by atoms with van der Waals surface area (Å²) >= 11 is 0. The lowest BCUT2D eigenvalue weighted by Gasteiger charge is -2.56. The highest BCUT2D eigenvalue weighted by molar-refractivity contribution is 5.72. The number of fused-ring (bicyclic) bond motifs is 6. The first-order chi connectivity index (χ1) is 15.9. The lowest BCUT2D eigenvalue weighted by atomic mass is 9.57. The Hall–Kier alpha value is -0.480. The van der Waals surface area contributed by atoms with Gasteiger partial charge in [0.15, 0.2) is 5.72 Å². The van der Waals surface area contributed by atoms with Crippen molar-refractivity contribution in [3.8, 4) is 0 Å². The molecule has 0 aromatic rings. The highest BCUT2D eigenvalue weighted by atomic mass is 19.1. The second-order valence-electron chi connectivity index (χ2n) is 13.3. The van der Waals surface area contributed by atoms with E-state index in [1.165, 1.54) is 70.6 Å². The number of ether oxygens (including phenoxy) is 1. The second-order valence-corrected chi connectivity index (χ2v) is 13.3. The van der Waals surface area contributed by atoms with Gasteiger partial charge in [0, 0.05) is 24.2 Å². The topological polar surface area (TPSA) is 24.8 Å². The number of nitrogens with zero attached hydrogens (tertiary/aromatic N) is 2. The van der Waals surface area contributed by atoms with Gasteiger partial charge in [0.05, 0.1) is 12.1 Å². The van der Waals surface area contributed by atoms with Crippen molar-refractivity contribution in [3.05, 3.63) is 0 Å². The molecule has 4 heteroatoms. The SMILES string of the molecule is CC(C)CN1C2CC(F)C(C)CC2C2(CCCCC2)C12C=NC1C(CCC3CCCCC31)O2. The second kappa shape index (κ2) is 8.57. The van der Waals surface area contributed by atoms with E-state index >= 15 is 4.39 Å². The molecule has 33 heavy (non-hydrogen) atoms. The van der Waals surface area contributed by atoms with Crippen LogP contribution in [0.15, 0.2) is 4.99 Å². The van der Waals surface area contributed by atoms with Crippen LogP contribution in [0.2, 0.25) is 0 Å². The van der Waals surface area contributed by atoms with Crippen molar-refractivity contribution < 1.29 is 9.13 Å². The van der Waals surface area contributed by atoms with Crippen molar-refractivity contribution in [1.82, 2.24) is 4.90 Å². The summed E-state index contributed by atoms with van der Waals surface area (Å²) in [7, 11) is 0. The minimum atomic E-state index is -0.678. The summed E-state index contributed by atoms with van der Waals surface area (Å²) in [5, 5.41) is 0. The van der Waals surface area contributed by atoms with E-state index < -0.39 is 11.9 Å². The predicted molar refractivity (Wildman–Crippen MR) is 132 cm³/mol. The molecule has 6 aliphatic rings. The highest BCUT2D eigenvalue weighted by Crippen LogP contribution is 2.65. The molecule has 0 bridgehead atoms. The van der Waals surface area contributed by atoms with Gasteiger partial charge in [-0.15, -0.1) is 0 Å². The van der Waals surface area contributed by atoms with Gasteiger partial charge in [-0.3, -0.25) is 9.89 Å². The summed E-state index contributed by atoms with van der Waals surface area (Å²) in [6.07, 6.45) is 18.1. The van der Waals surface area contributed by atoms with Crippen LogP contribution < -0.4 is 0 Å². The van der Waals surface area contributed by atoms with E-state index in [-0.39, 0.29) is 17.4 Å². The molecule has 4 aliphatic carbocycles. The minimum absolute atomic E-state index is 0.122. The molecule has 2 spiro atoms. The molecule has 5 fully saturated rings. The molecule has 1 saturated heterocycles. The van der Waals surface area contributed by atoms with E-state index in [1.54, 1.807) is 0 Å². The summed E-state index contributed by atoms with van der Waals surface area (Å²) < 4.78 is 22.7. The number of rotatable bonds is 2. The van der Waals surface area contributed by atoms with Crippen LogP contribution in [-0.2, 0) is 4.74 Å². The van der Waals surface area contributed by atoms with Crippen molar-refractivity contribution in [2.45, 2.75) is 134 Å². The Labute approximate surface area is 201 Å². The zero-order valence-electron chi connectivity index (χ0n) is 21.4. The average Bonchev–Trinajstić information content (AvgIpc) is 2.99. The first kappa shape index (κ1) is 23.0. The van der Waals surface area contributed by atoms with Gasteiger partial charge in [0.2, 0.25) is 0 Å². The molecular formula is C29H47FN2O. The van der Waals surface area contributed by atoms with Crippen LogP contribution in [0.5, 0.6) is 0 Å². The third kappa shape index (κ3) is 3.43. The smallest absolute Gasteiger partial charge is 0.164 e. The summed E-state index contributed by atoms with van der Waals surface area (Å²) in [5.74, 6) is 2.86. The number of halogens is 1. The quantitative estimate of drug-likeness (QED) is 0.455. The lowest BCUT2D eigenvalue weighted by Crippen LogP contribution is -2.65. The highest BCUT2D eigenvalue weighted by Gasteiger charge is 2.70. The first-order valence-corrected chi connectivity index (χ1v) is 14.6. The van der Waals surface area contributed by atoms with Crippen LogP contribution in [-0.4, -0.2) is 47.7 Å². The number of likely N-dealkylation sites (tertiary alicyclic amines) is 1. The van der Waals surface area contributed by atoms with Crippen LogP contribution in [0, 0.1) is 35.0 Å². The van der Waals surface area contributed by atoms with Crippen molar-refractivity contribution >= 4 is 6.21 Å². The summed E-state index contributed by atoms with van der Waals surface area (Å²) in [5.41, 5.74) is -0.281. The summed E-state index contributed by atoms with van der Waals surface area (Å²) in [6, 6.07) is 0.678. The van der Waals surface area contributed by atoms with Crippen molar-refractivity contribution in [2.75, 3.05) is 6.54 Å². The molecule has 0 amide bonds. The summed E-state index contributed by atoms with van der Waals surface area (Å²) in [4.78, 5) is 8.17. The Morgan fingerprint density at radius 3 is 2.61 bits per heavy atom. The van der Waals surface area contributed by atoms with Crippen LogP contribution in [0.3, 0.4) is 0 Å². The van der Waals surface area contributed by atoms with Gasteiger partial charge in [-0.25, -0.2) is 4.39 Å². The Bertz CT molecular complexity index is 748. The third-order valence-electron chi connectivity index (χ3n) is 11.1. The van der Waals surface area contributed by atoms with Gasteiger partial charge in [-0.05, 0) is 74.5 Å². The Morgan fingerprint density at radius 1 is 1.03 bits per heavy atom. The molecule has 0 aromatic carbocycles. The van der Waals surface area contributed by atoms with Gasteiger partial charge in [-0.2, -0.15) is 0 Å². The molecule has 3 nitrogen and oxygen atoms in total. The minimum Gasteiger partial charge on any atom is -0.349 e. The van der Waals surface area contributed by atoms with Crippen molar-refractivity contribution in [1.29, 1.82) is 0 Å². The van der Waals surface area contributed by atoms with Gasteiger partial charge < -0.3 is 4.74 Å². The van der Waals surface area contributed by atoms with Crippen molar-refractivity contribution in [2.24, 2.45) is 40.0 Å². The molecule has 2 aliphatic heterocycles. The molecule has 4 saturated carbocycles. The fraction of sp³-hybridized carbons (Fsp3) is 0.966. The lowest BCUT2D eigenvalue weighted by molar-refractivity contribution is -0.215. The van der Waals surface area contributed by atoms with E-state index in [9.17, 15) is 0 Å². The van der Waals surface area contributed by atoms with Crippen LogP contribution >= 0.6 is 0 Å². The molecule has 6 rings (SSSR count). The fourth-order valence-electron chi connectivity index (χ4n) is 9.69. The van der Waals surface area contributed by atoms with E-state index in [0.29, 0.717) is 30.3 Å². The van der Waals surface area contributed by atoms with Gasteiger partial charge >= 0.3 is 0 Å². The number of hydrogen-bond donors (Lipinski definition) is 0. The van der Waals surface area contributed by atoms with Gasteiger partial charge in [0.1, 0.15) is 6.17 Å². The van der Waals surface area contributed by atoms with Crippen LogP contribution in [0.25, 0.3) is 0 Å². The average molecular weight is 459 g/mol. The maximum Gasteiger partial charge on any atom is 0.164 e. The first-order valence-electron chi connectivity index (χ1n) is 14.6. The molecule has 186 valence electrons. The van der Waals surface area contributed by atoms with E-state index in [1.807, 2.05) is 0 Å². The predicted octanol–water partition coefficient (Wildman–Crippen LogP) is 6.80. The standard InChI is InChI=1S/C29H47FN2O/c1-19(2)17-32-25-16-24(30)20(3)15-23(25)28(13-7-4-8-14-28)29(32)18-31-27-22-10-6-5-9-21(22)11-12-26(27)33-29/h18-27H,4-17H2,1-3H3.